The van der Waals surface area contributed by atoms with Gasteiger partial charge in [0.05, 0.1) is 31.3 Å². The largest absolute Gasteiger partial charge is 0.466 e. The molecule has 3 fully saturated rings. The van der Waals surface area contributed by atoms with Crippen molar-refractivity contribution in [1.82, 2.24) is 14.7 Å². The second-order valence-corrected chi connectivity index (χ2v) is 24.4. The van der Waals surface area contributed by atoms with Gasteiger partial charge in [-0.3, -0.25) is 33.9 Å². The number of carbonyl (C=O) groups is 4. The van der Waals surface area contributed by atoms with E-state index in [1.165, 1.54) is 70.6 Å². The molecule has 65 heavy (non-hydrogen) atoms. The third-order valence-corrected chi connectivity index (χ3v) is 16.3. The quantitative estimate of drug-likeness (QED) is 0.0495. The molecule has 11 heteroatoms. The van der Waals surface area contributed by atoms with Crippen LogP contribution in [0.1, 0.15) is 231 Å². The van der Waals surface area contributed by atoms with Gasteiger partial charge in [-0.25, -0.2) is 0 Å². The van der Waals surface area contributed by atoms with Gasteiger partial charge in [0.25, 0.3) is 0 Å². The zero-order valence-electron chi connectivity index (χ0n) is 44.8. The van der Waals surface area contributed by atoms with Crippen molar-refractivity contribution >= 4 is 23.9 Å². The van der Waals surface area contributed by atoms with Crippen molar-refractivity contribution in [2.75, 3.05) is 27.7 Å². The van der Waals surface area contributed by atoms with Crippen LogP contribution in [-0.2, 0) is 38.1 Å². The lowest BCUT2D eigenvalue weighted by Gasteiger charge is -2.53. The van der Waals surface area contributed by atoms with Crippen LogP contribution in [0.25, 0.3) is 0 Å². The highest BCUT2D eigenvalue weighted by Crippen LogP contribution is 2.42. The van der Waals surface area contributed by atoms with E-state index in [2.05, 4.69) is 126 Å². The number of hydrogen-bond donors (Lipinski definition) is 0. The normalized spacial score (nSPS) is 23.3. The lowest BCUT2D eigenvalue weighted by atomic mass is 9.78. The van der Waals surface area contributed by atoms with Gasteiger partial charge in [-0.1, -0.05) is 90.4 Å². The molecule has 0 aromatic carbocycles. The van der Waals surface area contributed by atoms with Crippen molar-refractivity contribution in [2.24, 2.45) is 11.8 Å². The Hall–Kier alpha value is -2.24. The average molecular weight is 918 g/mol. The number of carbonyl (C=O) groups excluding carboxylic acids is 4. The summed E-state index contributed by atoms with van der Waals surface area (Å²) in [5.41, 5.74) is -1.59. The number of hydrogen-bond acceptors (Lipinski definition) is 11. The Balaban J connectivity index is 1.80. The van der Waals surface area contributed by atoms with Crippen molar-refractivity contribution in [3.05, 3.63) is 0 Å². The van der Waals surface area contributed by atoms with Gasteiger partial charge in [-0.05, 0) is 111 Å². The van der Waals surface area contributed by atoms with Crippen molar-refractivity contribution in [1.29, 1.82) is 0 Å². The highest BCUT2D eigenvalue weighted by atomic mass is 16.6. The molecule has 3 rings (SSSR count). The molecule has 0 N–H and O–H groups in total. The van der Waals surface area contributed by atoms with Crippen LogP contribution in [0.4, 0.5) is 0 Å². The Morgan fingerprint density at radius 1 is 0.415 bits per heavy atom. The third kappa shape index (κ3) is 17.3. The first-order valence-electron chi connectivity index (χ1n) is 26.0. The molecule has 0 aromatic heterocycles. The summed E-state index contributed by atoms with van der Waals surface area (Å²) in [4.78, 5) is 64.4. The number of rotatable bonds is 25. The van der Waals surface area contributed by atoms with Crippen molar-refractivity contribution in [2.45, 2.75) is 283 Å². The number of unbranched alkanes of at least 4 members (excludes halogenated alkanes) is 13. The second kappa shape index (κ2) is 24.4. The molecule has 3 aliphatic rings. The van der Waals surface area contributed by atoms with E-state index in [-0.39, 0.29) is 45.9 Å². The van der Waals surface area contributed by atoms with Crippen LogP contribution in [0.2, 0.25) is 0 Å². The maximum absolute atomic E-state index is 14.8. The molecular weight excluding hydrogens is 819 g/mol. The van der Waals surface area contributed by atoms with E-state index in [4.69, 9.17) is 18.9 Å². The molecule has 0 aliphatic carbocycles. The molecule has 2 unspecified atom stereocenters. The van der Waals surface area contributed by atoms with E-state index in [9.17, 15) is 19.2 Å². The smallest absolute Gasteiger partial charge is 0.310 e. The third-order valence-electron chi connectivity index (χ3n) is 16.3. The van der Waals surface area contributed by atoms with Crippen LogP contribution < -0.4 is 0 Å². The summed E-state index contributed by atoms with van der Waals surface area (Å²) in [6.07, 6.45) is 18.6. The van der Waals surface area contributed by atoms with Gasteiger partial charge in [0.1, 0.15) is 18.3 Å². The zero-order valence-corrected chi connectivity index (χ0v) is 44.8. The molecule has 3 saturated heterocycles. The summed E-state index contributed by atoms with van der Waals surface area (Å²) in [5, 5.41) is 0. The van der Waals surface area contributed by atoms with Gasteiger partial charge >= 0.3 is 23.9 Å². The molecule has 0 amide bonds. The number of nitrogens with zero attached hydrogens (tertiary/aromatic N) is 3. The monoisotopic (exact) mass is 918 g/mol. The minimum absolute atomic E-state index is 0.231. The molecule has 0 saturated carbocycles. The van der Waals surface area contributed by atoms with E-state index in [0.717, 1.165) is 19.3 Å². The number of esters is 4. The Kier molecular flexibility index (Phi) is 21.4. The maximum Gasteiger partial charge on any atom is 0.310 e. The summed E-state index contributed by atoms with van der Waals surface area (Å²) in [6, 6.07) is 0. The summed E-state index contributed by atoms with van der Waals surface area (Å²) in [6.45, 7) is 28.1. The van der Waals surface area contributed by atoms with Gasteiger partial charge < -0.3 is 18.9 Å². The van der Waals surface area contributed by atoms with Crippen LogP contribution in [0.5, 0.6) is 0 Å². The van der Waals surface area contributed by atoms with E-state index in [1.807, 2.05) is 0 Å². The van der Waals surface area contributed by atoms with E-state index < -0.39 is 60.8 Å². The van der Waals surface area contributed by atoms with E-state index in [0.29, 0.717) is 38.5 Å². The SMILES string of the molecule is CCCCCCCCCCCCCCCCOC(=O)CC(C(=O)OC1CC(C)(C)N(C)C(C)(C)C1)C(CC(=O)OC1CC(C)(C)N(C)C(C)(C)C1)C(=O)OC1CC(C)(C)N(C)C(C)(C)C1. The minimum Gasteiger partial charge on any atom is -0.466 e. The molecular formula is C54H99N3O8. The molecule has 3 heterocycles. The summed E-state index contributed by atoms with van der Waals surface area (Å²) in [5.74, 6) is -5.15. The topological polar surface area (TPSA) is 115 Å². The first-order chi connectivity index (χ1) is 30.0. The Morgan fingerprint density at radius 2 is 0.677 bits per heavy atom. The van der Waals surface area contributed by atoms with Gasteiger partial charge in [0, 0.05) is 71.8 Å². The first kappa shape index (κ1) is 57.1. The van der Waals surface area contributed by atoms with Gasteiger partial charge in [0.2, 0.25) is 0 Å². The zero-order chi connectivity index (χ0) is 49.0. The second-order valence-electron chi connectivity index (χ2n) is 24.4. The number of piperidine rings is 3. The highest BCUT2D eigenvalue weighted by Gasteiger charge is 2.50. The summed E-state index contributed by atoms with van der Waals surface area (Å²) < 4.78 is 24.7. The predicted octanol–water partition coefficient (Wildman–Crippen LogP) is 11.6. The molecule has 378 valence electrons. The van der Waals surface area contributed by atoms with E-state index in [1.54, 1.807) is 0 Å². The van der Waals surface area contributed by atoms with Crippen molar-refractivity contribution < 1.29 is 38.1 Å². The first-order valence-corrected chi connectivity index (χ1v) is 26.0. The minimum atomic E-state index is -1.31. The van der Waals surface area contributed by atoms with Crippen LogP contribution >= 0.6 is 0 Å². The fourth-order valence-electron chi connectivity index (χ4n) is 11.5. The molecule has 3 aliphatic heterocycles. The lowest BCUT2D eigenvalue weighted by molar-refractivity contribution is -0.181. The lowest BCUT2D eigenvalue weighted by Crippen LogP contribution is -2.61. The maximum atomic E-state index is 14.8. The molecule has 2 atom stereocenters. The molecule has 0 spiro atoms. The fourth-order valence-corrected chi connectivity index (χ4v) is 11.5. The Morgan fingerprint density at radius 3 is 0.985 bits per heavy atom. The molecule has 0 radical (unpaired) electrons. The van der Waals surface area contributed by atoms with Gasteiger partial charge in [0.15, 0.2) is 0 Å². The van der Waals surface area contributed by atoms with Crippen LogP contribution in [0, 0.1) is 11.8 Å². The summed E-state index contributed by atoms with van der Waals surface area (Å²) in [7, 11) is 6.27. The van der Waals surface area contributed by atoms with Crippen LogP contribution in [0.3, 0.4) is 0 Å². The Bertz CT molecular complexity index is 1470. The van der Waals surface area contributed by atoms with Gasteiger partial charge in [-0.15, -0.1) is 0 Å². The number of ether oxygens (including phenoxy) is 4. The molecule has 11 nitrogen and oxygen atoms in total. The molecule has 0 bridgehead atoms. The van der Waals surface area contributed by atoms with Crippen molar-refractivity contribution in [3.8, 4) is 0 Å². The predicted molar refractivity (Wildman–Crippen MR) is 263 cm³/mol. The Labute approximate surface area is 397 Å². The van der Waals surface area contributed by atoms with Gasteiger partial charge in [-0.2, -0.15) is 0 Å². The standard InChI is InChI=1S/C54H99N3O8/c1-17-18-19-20-21-22-23-24-25-26-27-28-29-30-31-62-45(58)32-43(47(60)64-41-36-51(6,7)56(15)52(8,9)37-41)44(48(61)65-42-38-53(10,11)57(16)54(12,13)39-42)33-46(59)63-40-34-49(2,3)55(14)50(4,5)35-40/h40-44H,17-39H2,1-16H3. The summed E-state index contributed by atoms with van der Waals surface area (Å²) >= 11 is 0. The highest BCUT2D eigenvalue weighted by molar-refractivity contribution is 5.88. The van der Waals surface area contributed by atoms with Crippen LogP contribution in [-0.4, -0.2) is 118 Å². The average Bonchev–Trinajstić information content (AvgIpc) is 3.17. The molecule has 0 aromatic rings. The number of likely N-dealkylation sites (tertiary alicyclic amines) is 3. The van der Waals surface area contributed by atoms with E-state index >= 15 is 0 Å². The van der Waals surface area contributed by atoms with Crippen LogP contribution in [0.15, 0.2) is 0 Å². The fraction of sp³-hybridized carbons (Fsp3) is 0.926. The van der Waals surface area contributed by atoms with Crippen molar-refractivity contribution in [3.63, 3.8) is 0 Å².